The molecule has 0 aliphatic carbocycles. The van der Waals surface area contributed by atoms with E-state index < -0.39 is 16.1 Å². The minimum absolute atomic E-state index is 0.0105. The Hall–Kier alpha value is -1.41. The van der Waals surface area contributed by atoms with Crippen LogP contribution in [0.5, 0.6) is 0 Å². The van der Waals surface area contributed by atoms with Crippen LogP contribution in [-0.4, -0.2) is 49.1 Å². The highest BCUT2D eigenvalue weighted by atomic mass is 32.2. The second-order valence-corrected chi connectivity index (χ2v) is 5.34. The van der Waals surface area contributed by atoms with Crippen molar-refractivity contribution in [1.82, 2.24) is 19.8 Å². The van der Waals surface area contributed by atoms with Crippen LogP contribution in [0.15, 0.2) is 17.3 Å². The van der Waals surface area contributed by atoms with Gasteiger partial charge in [-0.1, -0.05) is 0 Å². The fraction of sp³-hybridized carbons (Fsp3) is 0.556. The van der Waals surface area contributed by atoms with Gasteiger partial charge in [0.1, 0.15) is 4.90 Å². The molecular weight excluding hydrogens is 244 g/mol. The molecular formula is C9H16N4O3S. The largest absolute Gasteiger partial charge is 0.345 e. The van der Waals surface area contributed by atoms with Crippen LogP contribution < -0.4 is 4.72 Å². The summed E-state index contributed by atoms with van der Waals surface area (Å²) in [6.07, 6.45) is 2.44. The van der Waals surface area contributed by atoms with Gasteiger partial charge in [0.05, 0.1) is 12.2 Å². The summed E-state index contributed by atoms with van der Waals surface area (Å²) >= 11 is 0. The predicted molar refractivity (Wildman–Crippen MR) is 61.7 cm³/mol. The first-order valence-electron chi connectivity index (χ1n) is 5.14. The van der Waals surface area contributed by atoms with E-state index in [0.717, 1.165) is 0 Å². The molecule has 0 bridgehead atoms. The number of aromatic nitrogens is 2. The lowest BCUT2D eigenvalue weighted by Crippen LogP contribution is -2.45. The molecule has 1 rings (SSSR count). The number of carbonyl (C=O) groups is 1. The molecule has 1 aromatic heterocycles. The lowest BCUT2D eigenvalue weighted by Gasteiger charge is -2.20. The van der Waals surface area contributed by atoms with Crippen LogP contribution >= 0.6 is 0 Å². The topological polar surface area (TPSA) is 95.2 Å². The first kappa shape index (κ1) is 13.7. The molecule has 0 aliphatic heterocycles. The summed E-state index contributed by atoms with van der Waals surface area (Å²) in [5.41, 5.74) is 0. The fourth-order valence-electron chi connectivity index (χ4n) is 1.22. The standard InChI is InChI=1S/C9H16N4O3S/c1-4-13(3)9(14)7(2)12-17(15,16)8-5-10-11-6-8/h5-7,12H,4H2,1-3H3,(H,10,11). The lowest BCUT2D eigenvalue weighted by molar-refractivity contribution is -0.131. The number of hydrogen-bond acceptors (Lipinski definition) is 4. The number of rotatable bonds is 5. The zero-order chi connectivity index (χ0) is 13.1. The number of sulfonamides is 1. The van der Waals surface area contributed by atoms with Gasteiger partial charge in [0.15, 0.2) is 0 Å². The Kier molecular flexibility index (Phi) is 4.24. The summed E-state index contributed by atoms with van der Waals surface area (Å²) in [5.74, 6) is -0.278. The highest BCUT2D eigenvalue weighted by Crippen LogP contribution is 2.06. The second kappa shape index (κ2) is 5.28. The Morgan fingerprint density at radius 2 is 2.29 bits per heavy atom. The number of aromatic amines is 1. The minimum Gasteiger partial charge on any atom is -0.345 e. The van der Waals surface area contributed by atoms with Crippen LogP contribution in [-0.2, 0) is 14.8 Å². The van der Waals surface area contributed by atoms with Gasteiger partial charge in [0.2, 0.25) is 15.9 Å². The summed E-state index contributed by atoms with van der Waals surface area (Å²) in [6.45, 7) is 3.85. The zero-order valence-corrected chi connectivity index (χ0v) is 10.8. The predicted octanol–water partition coefficient (Wildman–Crippen LogP) is -0.445. The maximum atomic E-state index is 11.8. The Bertz CT molecular complexity index is 468. The van der Waals surface area contributed by atoms with Crippen molar-refractivity contribution in [1.29, 1.82) is 0 Å². The molecule has 0 aliphatic rings. The van der Waals surface area contributed by atoms with Crippen molar-refractivity contribution in [2.24, 2.45) is 0 Å². The van der Waals surface area contributed by atoms with Crippen LogP contribution in [0.1, 0.15) is 13.8 Å². The molecule has 0 aromatic carbocycles. The number of likely N-dealkylation sites (N-methyl/N-ethyl adjacent to an activating group) is 1. The third-order valence-corrected chi connectivity index (χ3v) is 3.84. The van der Waals surface area contributed by atoms with E-state index in [1.807, 2.05) is 6.92 Å². The maximum absolute atomic E-state index is 11.8. The third kappa shape index (κ3) is 3.27. The monoisotopic (exact) mass is 260 g/mol. The van der Waals surface area contributed by atoms with Gasteiger partial charge in [0, 0.05) is 19.8 Å². The van der Waals surface area contributed by atoms with E-state index in [2.05, 4.69) is 14.9 Å². The molecule has 0 saturated heterocycles. The Balaban J connectivity index is 2.76. The quantitative estimate of drug-likeness (QED) is 0.750. The summed E-state index contributed by atoms with van der Waals surface area (Å²) in [5, 5.41) is 5.96. The van der Waals surface area contributed by atoms with Crippen LogP contribution in [0.4, 0.5) is 0 Å². The number of H-pyrrole nitrogens is 1. The van der Waals surface area contributed by atoms with Gasteiger partial charge in [-0.25, -0.2) is 8.42 Å². The molecule has 1 amide bonds. The van der Waals surface area contributed by atoms with Crippen molar-refractivity contribution < 1.29 is 13.2 Å². The molecule has 0 radical (unpaired) electrons. The van der Waals surface area contributed by atoms with Gasteiger partial charge in [0.25, 0.3) is 0 Å². The van der Waals surface area contributed by atoms with E-state index in [4.69, 9.17) is 0 Å². The molecule has 0 saturated carbocycles. The van der Waals surface area contributed by atoms with Crippen molar-refractivity contribution in [2.45, 2.75) is 24.8 Å². The molecule has 0 spiro atoms. The summed E-state index contributed by atoms with van der Waals surface area (Å²) in [7, 11) is -2.08. The normalized spacial score (nSPS) is 13.4. The van der Waals surface area contributed by atoms with Gasteiger partial charge in [-0.15, -0.1) is 0 Å². The van der Waals surface area contributed by atoms with E-state index in [1.54, 1.807) is 7.05 Å². The van der Waals surface area contributed by atoms with Gasteiger partial charge in [-0.05, 0) is 13.8 Å². The maximum Gasteiger partial charge on any atom is 0.244 e. The van der Waals surface area contributed by atoms with Gasteiger partial charge < -0.3 is 4.90 Å². The molecule has 17 heavy (non-hydrogen) atoms. The van der Waals surface area contributed by atoms with Crippen LogP contribution in [0, 0.1) is 0 Å². The van der Waals surface area contributed by atoms with Crippen LogP contribution in [0.2, 0.25) is 0 Å². The number of nitrogens with zero attached hydrogens (tertiary/aromatic N) is 2. The molecule has 8 heteroatoms. The van der Waals surface area contributed by atoms with E-state index in [0.29, 0.717) is 6.54 Å². The molecule has 2 N–H and O–H groups in total. The van der Waals surface area contributed by atoms with Gasteiger partial charge >= 0.3 is 0 Å². The first-order chi connectivity index (χ1) is 7.88. The Morgan fingerprint density at radius 1 is 1.65 bits per heavy atom. The lowest BCUT2D eigenvalue weighted by atomic mass is 10.3. The fourth-order valence-corrected chi connectivity index (χ4v) is 2.33. The summed E-state index contributed by atoms with van der Waals surface area (Å²) in [6, 6.07) is -0.806. The molecule has 0 fully saturated rings. The van der Waals surface area contributed by atoms with Crippen molar-refractivity contribution >= 4 is 15.9 Å². The Labute approximate surface area is 100 Å². The molecule has 96 valence electrons. The van der Waals surface area contributed by atoms with E-state index in [9.17, 15) is 13.2 Å². The number of amides is 1. The number of nitrogens with one attached hydrogen (secondary N) is 2. The average molecular weight is 260 g/mol. The molecule has 1 aromatic rings. The molecule has 1 atom stereocenters. The van der Waals surface area contributed by atoms with E-state index >= 15 is 0 Å². The number of carbonyl (C=O) groups excluding carboxylic acids is 1. The van der Waals surface area contributed by atoms with Crippen LogP contribution in [0.25, 0.3) is 0 Å². The summed E-state index contributed by atoms with van der Waals surface area (Å²) < 4.78 is 25.8. The van der Waals surface area contributed by atoms with E-state index in [1.165, 1.54) is 24.2 Å². The van der Waals surface area contributed by atoms with Crippen molar-refractivity contribution in [3.8, 4) is 0 Å². The van der Waals surface area contributed by atoms with E-state index in [-0.39, 0.29) is 10.8 Å². The highest BCUT2D eigenvalue weighted by Gasteiger charge is 2.24. The average Bonchev–Trinajstić information content (AvgIpc) is 2.80. The second-order valence-electron chi connectivity index (χ2n) is 3.63. The highest BCUT2D eigenvalue weighted by molar-refractivity contribution is 7.89. The van der Waals surface area contributed by atoms with Crippen molar-refractivity contribution in [3.63, 3.8) is 0 Å². The molecule has 1 unspecified atom stereocenters. The Morgan fingerprint density at radius 3 is 2.76 bits per heavy atom. The SMILES string of the molecule is CCN(C)C(=O)C(C)NS(=O)(=O)c1cn[nH]c1. The first-order valence-corrected chi connectivity index (χ1v) is 6.63. The zero-order valence-electron chi connectivity index (χ0n) is 9.97. The summed E-state index contributed by atoms with van der Waals surface area (Å²) in [4.78, 5) is 13.2. The number of hydrogen-bond donors (Lipinski definition) is 2. The molecule has 1 heterocycles. The van der Waals surface area contributed by atoms with Gasteiger partial charge in [-0.2, -0.15) is 9.82 Å². The van der Waals surface area contributed by atoms with Crippen molar-refractivity contribution in [3.05, 3.63) is 12.4 Å². The van der Waals surface area contributed by atoms with Crippen LogP contribution in [0.3, 0.4) is 0 Å². The van der Waals surface area contributed by atoms with Crippen molar-refractivity contribution in [2.75, 3.05) is 13.6 Å². The van der Waals surface area contributed by atoms with Gasteiger partial charge in [-0.3, -0.25) is 9.89 Å². The smallest absolute Gasteiger partial charge is 0.244 e. The third-order valence-electron chi connectivity index (χ3n) is 2.34. The minimum atomic E-state index is -3.69. The molecule has 7 nitrogen and oxygen atoms in total.